The number of thioether (sulfide) groups is 1. The molecule has 0 atom stereocenters. The number of thiocarbonyl (C=S) groups is 1. The van der Waals surface area contributed by atoms with Gasteiger partial charge in [-0.15, -0.1) is 6.42 Å². The number of benzene rings is 2. The molecular weight excluding hydrogens is 446 g/mol. The molecule has 1 amide bonds. The fraction of sp³-hybridized carbons (Fsp3) is 0.100. The SMILES string of the molecule is C#CCOc1ccc(/C=C2\SC(=S)N(c3cccc(Br)c3)C2=O)cc1OC. The van der Waals surface area contributed by atoms with E-state index >= 15 is 0 Å². The van der Waals surface area contributed by atoms with Gasteiger partial charge in [-0.3, -0.25) is 9.69 Å². The smallest absolute Gasteiger partial charge is 0.270 e. The molecule has 1 saturated heterocycles. The van der Waals surface area contributed by atoms with Crippen molar-refractivity contribution in [3.8, 4) is 23.8 Å². The van der Waals surface area contributed by atoms with E-state index in [1.807, 2.05) is 30.3 Å². The predicted molar refractivity (Wildman–Crippen MR) is 117 cm³/mol. The zero-order valence-electron chi connectivity index (χ0n) is 14.3. The van der Waals surface area contributed by atoms with Gasteiger partial charge in [-0.25, -0.2) is 0 Å². The monoisotopic (exact) mass is 459 g/mol. The van der Waals surface area contributed by atoms with Crippen LogP contribution in [0, 0.1) is 12.3 Å². The quantitative estimate of drug-likeness (QED) is 0.362. The van der Waals surface area contributed by atoms with Crippen molar-refractivity contribution in [2.24, 2.45) is 0 Å². The lowest BCUT2D eigenvalue weighted by atomic mass is 10.2. The summed E-state index contributed by atoms with van der Waals surface area (Å²) in [5.41, 5.74) is 1.53. The molecule has 1 heterocycles. The number of carbonyl (C=O) groups excluding carboxylic acids is 1. The van der Waals surface area contributed by atoms with Crippen LogP contribution in [0.15, 0.2) is 51.8 Å². The molecule has 1 aliphatic rings. The summed E-state index contributed by atoms with van der Waals surface area (Å²) in [5, 5.41) is 0. The molecule has 0 saturated carbocycles. The van der Waals surface area contributed by atoms with Gasteiger partial charge in [-0.2, -0.15) is 0 Å². The highest BCUT2D eigenvalue weighted by Crippen LogP contribution is 2.37. The standard InChI is InChI=1S/C20H14BrNO3S2/c1-3-9-25-16-8-7-13(10-17(16)24-2)11-18-19(23)22(20(26)27-18)15-6-4-5-14(21)12-15/h1,4-8,10-12H,9H2,2H3/b18-11-. The molecule has 2 aromatic rings. The lowest BCUT2D eigenvalue weighted by Crippen LogP contribution is -2.27. The molecule has 1 fully saturated rings. The van der Waals surface area contributed by atoms with E-state index in [-0.39, 0.29) is 12.5 Å². The largest absolute Gasteiger partial charge is 0.493 e. The Labute approximate surface area is 175 Å². The fourth-order valence-corrected chi connectivity index (χ4v) is 4.16. The minimum absolute atomic E-state index is 0.154. The minimum atomic E-state index is -0.158. The second kappa shape index (κ2) is 8.61. The van der Waals surface area contributed by atoms with Gasteiger partial charge in [0.15, 0.2) is 15.8 Å². The number of terminal acetylenes is 1. The van der Waals surface area contributed by atoms with E-state index < -0.39 is 0 Å². The highest BCUT2D eigenvalue weighted by atomic mass is 79.9. The summed E-state index contributed by atoms with van der Waals surface area (Å²) in [6.45, 7) is 0.154. The number of ether oxygens (including phenoxy) is 2. The van der Waals surface area contributed by atoms with Crippen LogP contribution in [-0.2, 0) is 4.79 Å². The molecular formula is C20H14BrNO3S2. The van der Waals surface area contributed by atoms with Crippen molar-refractivity contribution in [3.05, 3.63) is 57.4 Å². The first-order valence-electron chi connectivity index (χ1n) is 7.81. The summed E-state index contributed by atoms with van der Waals surface area (Å²) < 4.78 is 12.2. The van der Waals surface area contributed by atoms with Gasteiger partial charge in [0.25, 0.3) is 5.91 Å². The molecule has 136 valence electrons. The van der Waals surface area contributed by atoms with Gasteiger partial charge in [0, 0.05) is 4.47 Å². The molecule has 0 aromatic heterocycles. The Bertz CT molecular complexity index is 981. The zero-order valence-corrected chi connectivity index (χ0v) is 17.5. The summed E-state index contributed by atoms with van der Waals surface area (Å²) >= 11 is 10.1. The maximum absolute atomic E-state index is 12.9. The molecule has 4 nitrogen and oxygen atoms in total. The van der Waals surface area contributed by atoms with E-state index in [1.54, 1.807) is 25.3 Å². The van der Waals surface area contributed by atoms with Crippen molar-refractivity contribution in [1.82, 2.24) is 0 Å². The average molecular weight is 460 g/mol. The summed E-state index contributed by atoms with van der Waals surface area (Å²) in [6, 6.07) is 12.8. The second-order valence-electron chi connectivity index (χ2n) is 5.40. The first kappa shape index (κ1) is 19.5. The summed E-state index contributed by atoms with van der Waals surface area (Å²) in [7, 11) is 1.55. The number of amides is 1. The minimum Gasteiger partial charge on any atom is -0.493 e. The number of hydrogen-bond acceptors (Lipinski definition) is 5. The van der Waals surface area contributed by atoms with Crippen LogP contribution in [0.1, 0.15) is 5.56 Å². The Kier molecular flexibility index (Phi) is 6.22. The number of nitrogens with zero attached hydrogens (tertiary/aromatic N) is 1. The molecule has 0 aliphatic carbocycles. The molecule has 0 bridgehead atoms. The number of methoxy groups -OCH3 is 1. The molecule has 3 rings (SSSR count). The highest BCUT2D eigenvalue weighted by Gasteiger charge is 2.33. The summed E-state index contributed by atoms with van der Waals surface area (Å²) in [5.74, 6) is 3.35. The van der Waals surface area contributed by atoms with Crippen molar-refractivity contribution in [2.45, 2.75) is 0 Å². The zero-order chi connectivity index (χ0) is 19.4. The first-order valence-corrected chi connectivity index (χ1v) is 9.83. The molecule has 0 radical (unpaired) electrons. The van der Waals surface area contributed by atoms with Crippen molar-refractivity contribution in [1.29, 1.82) is 0 Å². The molecule has 7 heteroatoms. The third kappa shape index (κ3) is 4.35. The average Bonchev–Trinajstić information content (AvgIpc) is 2.93. The van der Waals surface area contributed by atoms with Crippen LogP contribution in [0.5, 0.6) is 11.5 Å². The van der Waals surface area contributed by atoms with Crippen LogP contribution in [0.4, 0.5) is 5.69 Å². The first-order chi connectivity index (χ1) is 13.0. The van der Waals surface area contributed by atoms with E-state index in [1.165, 1.54) is 16.7 Å². The van der Waals surface area contributed by atoms with Crippen LogP contribution in [0.3, 0.4) is 0 Å². The number of halogens is 1. The Morgan fingerprint density at radius 1 is 1.30 bits per heavy atom. The van der Waals surface area contributed by atoms with E-state index in [4.69, 9.17) is 28.1 Å². The van der Waals surface area contributed by atoms with Crippen molar-refractivity contribution in [2.75, 3.05) is 18.6 Å². The lowest BCUT2D eigenvalue weighted by molar-refractivity contribution is -0.113. The molecule has 2 aromatic carbocycles. The highest BCUT2D eigenvalue weighted by molar-refractivity contribution is 9.10. The van der Waals surface area contributed by atoms with E-state index in [9.17, 15) is 4.79 Å². The topological polar surface area (TPSA) is 38.8 Å². The van der Waals surface area contributed by atoms with Crippen LogP contribution < -0.4 is 14.4 Å². The van der Waals surface area contributed by atoms with Crippen molar-refractivity contribution >= 4 is 61.9 Å². The Balaban J connectivity index is 1.88. The number of anilines is 1. The summed E-state index contributed by atoms with van der Waals surface area (Å²) in [4.78, 5) is 14.9. The van der Waals surface area contributed by atoms with Crippen LogP contribution in [0.2, 0.25) is 0 Å². The maximum atomic E-state index is 12.9. The van der Waals surface area contributed by atoms with Crippen LogP contribution >= 0.6 is 39.9 Å². The molecule has 1 aliphatic heterocycles. The van der Waals surface area contributed by atoms with Gasteiger partial charge >= 0.3 is 0 Å². The van der Waals surface area contributed by atoms with E-state index in [0.29, 0.717) is 20.7 Å². The Hall–Kier alpha value is -2.27. The van der Waals surface area contributed by atoms with Gasteiger partial charge < -0.3 is 9.47 Å². The molecule has 27 heavy (non-hydrogen) atoms. The predicted octanol–water partition coefficient (Wildman–Crippen LogP) is 4.88. The van der Waals surface area contributed by atoms with Gasteiger partial charge in [0.2, 0.25) is 0 Å². The number of rotatable bonds is 5. The van der Waals surface area contributed by atoms with Crippen LogP contribution in [0.25, 0.3) is 6.08 Å². The summed E-state index contributed by atoms with van der Waals surface area (Å²) in [6.07, 6.45) is 7.00. The van der Waals surface area contributed by atoms with Crippen molar-refractivity contribution in [3.63, 3.8) is 0 Å². The van der Waals surface area contributed by atoms with E-state index in [2.05, 4.69) is 21.9 Å². The van der Waals surface area contributed by atoms with Gasteiger partial charge in [0.1, 0.15) is 6.61 Å². The van der Waals surface area contributed by atoms with Gasteiger partial charge in [0.05, 0.1) is 17.7 Å². The number of hydrogen-bond donors (Lipinski definition) is 0. The Morgan fingerprint density at radius 3 is 2.81 bits per heavy atom. The number of carbonyl (C=O) groups is 1. The normalized spacial score (nSPS) is 15.1. The molecule has 0 unspecified atom stereocenters. The molecule has 0 N–H and O–H groups in total. The third-order valence-electron chi connectivity index (χ3n) is 3.66. The van der Waals surface area contributed by atoms with Crippen molar-refractivity contribution < 1.29 is 14.3 Å². The maximum Gasteiger partial charge on any atom is 0.270 e. The Morgan fingerprint density at radius 2 is 2.11 bits per heavy atom. The third-order valence-corrected chi connectivity index (χ3v) is 5.45. The molecule has 0 spiro atoms. The fourth-order valence-electron chi connectivity index (χ4n) is 2.47. The van der Waals surface area contributed by atoms with Gasteiger partial charge in [-0.05, 0) is 42.0 Å². The lowest BCUT2D eigenvalue weighted by Gasteiger charge is -2.14. The second-order valence-corrected chi connectivity index (χ2v) is 7.99. The van der Waals surface area contributed by atoms with Gasteiger partial charge in [-0.1, -0.05) is 58.0 Å². The van der Waals surface area contributed by atoms with Crippen LogP contribution in [-0.4, -0.2) is 23.9 Å². The van der Waals surface area contributed by atoms with E-state index in [0.717, 1.165) is 15.7 Å².